The van der Waals surface area contributed by atoms with E-state index in [0.29, 0.717) is 6.04 Å². The highest BCUT2D eigenvalue weighted by molar-refractivity contribution is 9.11. The number of hydrogen-bond acceptors (Lipinski definition) is 1. The number of benzene rings is 2. The summed E-state index contributed by atoms with van der Waals surface area (Å²) in [5, 5.41) is 3.62. The van der Waals surface area contributed by atoms with E-state index in [0.717, 1.165) is 14.6 Å². The lowest BCUT2D eigenvalue weighted by Crippen LogP contribution is -2.07. The van der Waals surface area contributed by atoms with Crippen molar-refractivity contribution in [1.82, 2.24) is 0 Å². The van der Waals surface area contributed by atoms with Crippen molar-refractivity contribution in [2.45, 2.75) is 18.9 Å². The van der Waals surface area contributed by atoms with E-state index < -0.39 is 0 Å². The van der Waals surface area contributed by atoms with Gasteiger partial charge < -0.3 is 5.32 Å². The molecule has 1 N–H and O–H groups in total. The molecule has 0 saturated heterocycles. The van der Waals surface area contributed by atoms with Gasteiger partial charge in [0, 0.05) is 14.6 Å². The first-order valence-corrected chi connectivity index (χ1v) is 7.62. The molecule has 2 aromatic carbocycles. The van der Waals surface area contributed by atoms with E-state index >= 15 is 0 Å². The molecule has 0 radical (unpaired) electrons. The van der Waals surface area contributed by atoms with Crippen LogP contribution in [0.25, 0.3) is 0 Å². The highest BCUT2D eigenvalue weighted by atomic mass is 79.9. The maximum Gasteiger partial charge on any atom is 0.0520 e. The van der Waals surface area contributed by atoms with E-state index in [1.54, 1.807) is 0 Å². The summed E-state index contributed by atoms with van der Waals surface area (Å²) in [4.78, 5) is 0. The third-order valence-corrected chi connectivity index (χ3v) is 4.54. The zero-order valence-electron chi connectivity index (χ0n) is 9.79. The molecule has 1 aliphatic carbocycles. The van der Waals surface area contributed by atoms with Gasteiger partial charge in [-0.3, -0.25) is 0 Å². The molecule has 0 aromatic heterocycles. The Morgan fingerprint density at radius 1 is 1.06 bits per heavy atom. The predicted octanol–water partition coefficient (Wildman–Crippen LogP) is 5.31. The summed E-state index contributed by atoms with van der Waals surface area (Å²) >= 11 is 7.08. The molecule has 1 atom stereocenters. The Morgan fingerprint density at radius 2 is 1.89 bits per heavy atom. The lowest BCUT2D eigenvalue weighted by Gasteiger charge is -2.17. The quantitative estimate of drug-likeness (QED) is 0.759. The van der Waals surface area contributed by atoms with Gasteiger partial charge in [0.25, 0.3) is 0 Å². The highest BCUT2D eigenvalue weighted by Gasteiger charge is 2.21. The summed E-state index contributed by atoms with van der Waals surface area (Å²) in [5.41, 5.74) is 4.07. The fourth-order valence-corrected chi connectivity index (χ4v) is 3.66. The number of hydrogen-bond donors (Lipinski definition) is 1. The number of rotatable bonds is 2. The topological polar surface area (TPSA) is 12.0 Å². The summed E-state index contributed by atoms with van der Waals surface area (Å²) in [6, 6.07) is 15.4. The zero-order valence-corrected chi connectivity index (χ0v) is 13.0. The minimum atomic E-state index is 0.429. The van der Waals surface area contributed by atoms with Crippen LogP contribution >= 0.6 is 31.9 Å². The number of halogens is 2. The molecular formula is C15H13Br2N. The number of anilines is 1. The van der Waals surface area contributed by atoms with Gasteiger partial charge in [-0.1, -0.05) is 40.2 Å². The summed E-state index contributed by atoms with van der Waals surface area (Å²) < 4.78 is 2.19. The first kappa shape index (κ1) is 12.2. The molecule has 3 heteroatoms. The second-order valence-corrected chi connectivity index (χ2v) is 6.33. The maximum absolute atomic E-state index is 3.62. The molecule has 1 nitrogen and oxygen atoms in total. The smallest absolute Gasteiger partial charge is 0.0520 e. The van der Waals surface area contributed by atoms with Crippen LogP contribution in [-0.4, -0.2) is 0 Å². The minimum Gasteiger partial charge on any atom is -0.377 e. The first-order valence-electron chi connectivity index (χ1n) is 6.03. The van der Waals surface area contributed by atoms with Gasteiger partial charge in [0.15, 0.2) is 0 Å². The second kappa shape index (κ2) is 5.06. The third kappa shape index (κ3) is 2.34. The molecule has 92 valence electrons. The number of fused-ring (bicyclic) bond motifs is 1. The third-order valence-electron chi connectivity index (χ3n) is 3.39. The van der Waals surface area contributed by atoms with E-state index in [9.17, 15) is 0 Å². The van der Waals surface area contributed by atoms with Gasteiger partial charge >= 0.3 is 0 Å². The second-order valence-electron chi connectivity index (χ2n) is 4.56. The summed E-state index contributed by atoms with van der Waals surface area (Å²) in [6.45, 7) is 0. The largest absolute Gasteiger partial charge is 0.377 e. The number of nitrogens with one attached hydrogen (secondary N) is 1. The molecule has 0 heterocycles. The molecule has 1 aliphatic rings. The first-order chi connectivity index (χ1) is 8.74. The van der Waals surface area contributed by atoms with Crippen molar-refractivity contribution in [3.8, 4) is 0 Å². The number of aryl methyl sites for hydroxylation is 1. The minimum absolute atomic E-state index is 0.429. The molecule has 1 unspecified atom stereocenters. The predicted molar refractivity (Wildman–Crippen MR) is 83.0 cm³/mol. The van der Waals surface area contributed by atoms with Crippen LogP contribution in [0.4, 0.5) is 5.69 Å². The molecular weight excluding hydrogens is 354 g/mol. The molecule has 0 amide bonds. The molecule has 0 fully saturated rings. The Bertz CT molecular complexity index is 580. The van der Waals surface area contributed by atoms with E-state index in [1.165, 1.54) is 24.0 Å². The Kier molecular flexibility index (Phi) is 3.44. The van der Waals surface area contributed by atoms with Crippen LogP contribution < -0.4 is 5.32 Å². The van der Waals surface area contributed by atoms with Crippen LogP contribution in [0.15, 0.2) is 51.4 Å². The highest BCUT2D eigenvalue weighted by Crippen LogP contribution is 2.36. The Morgan fingerprint density at radius 3 is 2.72 bits per heavy atom. The molecule has 0 spiro atoms. The normalized spacial score (nSPS) is 17.6. The summed E-state index contributed by atoms with van der Waals surface area (Å²) in [6.07, 6.45) is 2.34. The fourth-order valence-electron chi connectivity index (χ4n) is 2.50. The van der Waals surface area contributed by atoms with Crippen LogP contribution in [0.5, 0.6) is 0 Å². The maximum atomic E-state index is 3.62. The van der Waals surface area contributed by atoms with Gasteiger partial charge in [-0.2, -0.15) is 0 Å². The lowest BCUT2D eigenvalue weighted by molar-refractivity contribution is 0.761. The average Bonchev–Trinajstić information content (AvgIpc) is 2.76. The van der Waals surface area contributed by atoms with Crippen LogP contribution in [0.1, 0.15) is 23.6 Å². The molecule has 3 rings (SSSR count). The summed E-state index contributed by atoms with van der Waals surface area (Å²) in [7, 11) is 0. The standard InChI is InChI=1S/C15H13Br2N/c16-11-6-8-15(13(17)9-11)18-14-7-5-10-3-1-2-4-12(10)14/h1-4,6,8-9,14,18H,5,7H2. The van der Waals surface area contributed by atoms with Gasteiger partial charge in [-0.15, -0.1) is 0 Å². The Balaban J connectivity index is 1.86. The van der Waals surface area contributed by atoms with Gasteiger partial charge in [0.2, 0.25) is 0 Å². The van der Waals surface area contributed by atoms with Gasteiger partial charge in [-0.05, 0) is 58.1 Å². The molecule has 18 heavy (non-hydrogen) atoms. The van der Waals surface area contributed by atoms with Crippen molar-refractivity contribution in [2.75, 3.05) is 5.32 Å². The van der Waals surface area contributed by atoms with Crippen molar-refractivity contribution >= 4 is 37.5 Å². The summed E-state index contributed by atoms with van der Waals surface area (Å²) in [5.74, 6) is 0. The lowest BCUT2D eigenvalue weighted by atomic mass is 10.1. The van der Waals surface area contributed by atoms with Crippen LogP contribution in [0, 0.1) is 0 Å². The van der Waals surface area contributed by atoms with Crippen molar-refractivity contribution < 1.29 is 0 Å². The van der Waals surface area contributed by atoms with Crippen molar-refractivity contribution in [2.24, 2.45) is 0 Å². The molecule has 0 saturated carbocycles. The van der Waals surface area contributed by atoms with Crippen molar-refractivity contribution in [1.29, 1.82) is 0 Å². The van der Waals surface area contributed by atoms with E-state index in [2.05, 4.69) is 79.6 Å². The SMILES string of the molecule is Brc1ccc(NC2CCc3ccccc32)c(Br)c1. The molecule has 0 aliphatic heterocycles. The zero-order chi connectivity index (χ0) is 12.5. The molecule has 2 aromatic rings. The van der Waals surface area contributed by atoms with Crippen LogP contribution in [0.2, 0.25) is 0 Å². The molecule has 0 bridgehead atoms. The van der Waals surface area contributed by atoms with Gasteiger partial charge in [0.1, 0.15) is 0 Å². The Hall–Kier alpha value is -0.800. The van der Waals surface area contributed by atoms with E-state index in [-0.39, 0.29) is 0 Å². The monoisotopic (exact) mass is 365 g/mol. The van der Waals surface area contributed by atoms with E-state index in [4.69, 9.17) is 0 Å². The van der Waals surface area contributed by atoms with Gasteiger partial charge in [0.05, 0.1) is 6.04 Å². The van der Waals surface area contributed by atoms with Gasteiger partial charge in [-0.25, -0.2) is 0 Å². The Labute approximate surface area is 124 Å². The van der Waals surface area contributed by atoms with E-state index in [1.807, 2.05) is 0 Å². The van der Waals surface area contributed by atoms with Crippen molar-refractivity contribution in [3.05, 3.63) is 62.5 Å². The van der Waals surface area contributed by atoms with Crippen LogP contribution in [-0.2, 0) is 6.42 Å². The fraction of sp³-hybridized carbons (Fsp3) is 0.200. The average molecular weight is 367 g/mol. The van der Waals surface area contributed by atoms with Crippen LogP contribution in [0.3, 0.4) is 0 Å². The van der Waals surface area contributed by atoms with Crippen molar-refractivity contribution in [3.63, 3.8) is 0 Å².